The van der Waals surface area contributed by atoms with Crippen molar-refractivity contribution in [2.24, 2.45) is 5.92 Å². The molecule has 0 aliphatic heterocycles. The number of carbonyl (C=O) groups is 1. The summed E-state index contributed by atoms with van der Waals surface area (Å²) in [4.78, 5) is 12.5. The van der Waals surface area contributed by atoms with Crippen molar-refractivity contribution in [3.8, 4) is 0 Å². The van der Waals surface area contributed by atoms with E-state index >= 15 is 0 Å². The molecule has 20 heavy (non-hydrogen) atoms. The first kappa shape index (κ1) is 15.8. The Hall–Kier alpha value is -0.610. The third kappa shape index (κ3) is 3.73. The van der Waals surface area contributed by atoms with Gasteiger partial charge in [0, 0.05) is 0 Å². The smallest absolute Gasteiger partial charge is 0.329 e. The summed E-state index contributed by atoms with van der Waals surface area (Å²) in [6, 6.07) is 0. The fourth-order valence-electron chi connectivity index (χ4n) is 3.10. The van der Waals surface area contributed by atoms with Crippen molar-refractivity contribution in [2.45, 2.75) is 70.4 Å². The van der Waals surface area contributed by atoms with Crippen LogP contribution >= 0.6 is 0 Å². The average Bonchev–Trinajstić information content (AvgIpc) is 3.16. The van der Waals surface area contributed by atoms with Crippen molar-refractivity contribution in [1.29, 1.82) is 0 Å². The van der Waals surface area contributed by atoms with Gasteiger partial charge >= 0.3 is 5.97 Å². The number of rotatable bonds is 9. The number of hydrogen-bond acceptors (Lipinski definition) is 4. The molecule has 2 fully saturated rings. The Morgan fingerprint density at radius 1 is 1.20 bits per heavy atom. The van der Waals surface area contributed by atoms with Crippen LogP contribution in [0.5, 0.6) is 0 Å². The van der Waals surface area contributed by atoms with Gasteiger partial charge in [-0.15, -0.1) is 0 Å². The lowest BCUT2D eigenvalue weighted by Gasteiger charge is -2.33. The minimum Gasteiger partial charge on any atom is -0.465 e. The highest BCUT2D eigenvalue weighted by Crippen LogP contribution is 2.41. The van der Waals surface area contributed by atoms with E-state index < -0.39 is 5.54 Å². The zero-order valence-electron chi connectivity index (χ0n) is 13.0. The van der Waals surface area contributed by atoms with E-state index in [1.165, 1.54) is 12.8 Å². The van der Waals surface area contributed by atoms with Crippen LogP contribution in [0.15, 0.2) is 0 Å². The quantitative estimate of drug-likeness (QED) is 0.661. The molecule has 2 aliphatic carbocycles. The molecule has 2 rings (SSSR count). The molecular formula is C16H29NO3. The Balaban J connectivity index is 2.01. The monoisotopic (exact) mass is 283 g/mol. The van der Waals surface area contributed by atoms with Gasteiger partial charge in [0.25, 0.3) is 0 Å². The Morgan fingerprint density at radius 2 is 1.90 bits per heavy atom. The van der Waals surface area contributed by atoms with E-state index in [0.717, 1.165) is 38.6 Å². The van der Waals surface area contributed by atoms with E-state index in [4.69, 9.17) is 9.47 Å². The molecule has 4 nitrogen and oxygen atoms in total. The summed E-state index contributed by atoms with van der Waals surface area (Å²) >= 11 is 0. The molecule has 0 aromatic rings. The Labute approximate surface area is 122 Å². The molecular weight excluding hydrogens is 254 g/mol. The zero-order chi connectivity index (χ0) is 14.4. The Bertz CT molecular complexity index is 311. The van der Waals surface area contributed by atoms with Gasteiger partial charge in [-0.1, -0.05) is 19.8 Å². The molecule has 4 heteroatoms. The number of esters is 1. The summed E-state index contributed by atoms with van der Waals surface area (Å²) in [5.74, 6) is 0.267. The summed E-state index contributed by atoms with van der Waals surface area (Å²) in [5, 5.41) is 3.45. The molecule has 0 aromatic heterocycles. The van der Waals surface area contributed by atoms with Gasteiger partial charge in [-0.3, -0.25) is 5.32 Å². The van der Waals surface area contributed by atoms with Crippen LogP contribution in [0.2, 0.25) is 0 Å². The van der Waals surface area contributed by atoms with Crippen molar-refractivity contribution in [1.82, 2.24) is 5.32 Å². The second kappa shape index (κ2) is 7.41. The van der Waals surface area contributed by atoms with Crippen LogP contribution in [0, 0.1) is 5.92 Å². The van der Waals surface area contributed by atoms with Crippen LogP contribution in [0.3, 0.4) is 0 Å². The van der Waals surface area contributed by atoms with Gasteiger partial charge in [0.15, 0.2) is 0 Å². The first-order chi connectivity index (χ1) is 9.73. The third-order valence-corrected chi connectivity index (χ3v) is 4.45. The molecule has 0 amide bonds. The summed E-state index contributed by atoms with van der Waals surface area (Å²) in [6.45, 7) is 5.73. The minimum absolute atomic E-state index is 0.117. The molecule has 2 saturated carbocycles. The Morgan fingerprint density at radius 3 is 2.45 bits per heavy atom. The van der Waals surface area contributed by atoms with Crippen molar-refractivity contribution >= 4 is 5.97 Å². The lowest BCUT2D eigenvalue weighted by molar-refractivity contribution is -0.156. The van der Waals surface area contributed by atoms with Crippen molar-refractivity contribution < 1.29 is 14.3 Å². The average molecular weight is 283 g/mol. The van der Waals surface area contributed by atoms with Gasteiger partial charge in [0.2, 0.25) is 0 Å². The predicted octanol–water partition coefficient (Wildman–Crippen LogP) is 2.66. The van der Waals surface area contributed by atoms with E-state index in [2.05, 4.69) is 12.2 Å². The minimum atomic E-state index is -0.603. The van der Waals surface area contributed by atoms with Crippen molar-refractivity contribution in [3.05, 3.63) is 0 Å². The van der Waals surface area contributed by atoms with E-state index in [9.17, 15) is 4.79 Å². The highest BCUT2D eigenvalue weighted by molar-refractivity contribution is 5.82. The molecule has 1 atom stereocenters. The molecule has 0 heterocycles. The van der Waals surface area contributed by atoms with Gasteiger partial charge < -0.3 is 9.47 Å². The summed E-state index contributed by atoms with van der Waals surface area (Å²) in [6.07, 6.45) is 8.33. The van der Waals surface area contributed by atoms with Crippen molar-refractivity contribution in [3.63, 3.8) is 0 Å². The third-order valence-electron chi connectivity index (χ3n) is 4.45. The van der Waals surface area contributed by atoms with E-state index in [1.807, 2.05) is 6.92 Å². The maximum absolute atomic E-state index is 12.5. The molecule has 2 aliphatic rings. The second-order valence-corrected chi connectivity index (χ2v) is 6.11. The van der Waals surface area contributed by atoms with Crippen LogP contribution in [0.25, 0.3) is 0 Å². The maximum atomic E-state index is 12.5. The van der Waals surface area contributed by atoms with Crippen LogP contribution in [0.4, 0.5) is 0 Å². The van der Waals surface area contributed by atoms with E-state index in [1.54, 1.807) is 0 Å². The molecule has 116 valence electrons. The molecule has 0 aromatic carbocycles. The fraction of sp³-hybridized carbons (Fsp3) is 0.938. The highest BCUT2D eigenvalue weighted by Gasteiger charge is 2.52. The molecule has 0 spiro atoms. The van der Waals surface area contributed by atoms with E-state index in [0.29, 0.717) is 25.2 Å². The fourth-order valence-corrected chi connectivity index (χ4v) is 3.10. The standard InChI is InChI=1S/C16H29NO3/c1-3-11-17-16(13-9-10-13,15(18)19-4-2)12-20-14-7-5-6-8-14/h13-14,17H,3-12H2,1-2H3. The first-order valence-electron chi connectivity index (χ1n) is 8.26. The van der Waals surface area contributed by atoms with Crippen LogP contribution in [-0.4, -0.2) is 37.4 Å². The summed E-state index contributed by atoms with van der Waals surface area (Å²) in [5.41, 5.74) is -0.603. The van der Waals surface area contributed by atoms with Gasteiger partial charge in [-0.25, -0.2) is 4.79 Å². The van der Waals surface area contributed by atoms with Gasteiger partial charge in [0.1, 0.15) is 5.54 Å². The predicted molar refractivity (Wildman–Crippen MR) is 78.6 cm³/mol. The molecule has 0 saturated heterocycles. The van der Waals surface area contributed by atoms with E-state index in [-0.39, 0.29) is 5.97 Å². The largest absolute Gasteiger partial charge is 0.465 e. The van der Waals surface area contributed by atoms with Crippen LogP contribution in [-0.2, 0) is 14.3 Å². The molecule has 1 N–H and O–H groups in total. The SMILES string of the molecule is CCCNC(COC1CCCC1)(C(=O)OCC)C1CC1. The first-order valence-corrected chi connectivity index (χ1v) is 8.26. The van der Waals surface area contributed by atoms with Crippen molar-refractivity contribution in [2.75, 3.05) is 19.8 Å². The summed E-state index contributed by atoms with van der Waals surface area (Å²) < 4.78 is 11.4. The molecule has 0 bridgehead atoms. The number of nitrogens with one attached hydrogen (secondary N) is 1. The Kier molecular flexibility index (Phi) is 5.85. The number of hydrogen-bond donors (Lipinski definition) is 1. The number of ether oxygens (including phenoxy) is 2. The normalized spacial score (nSPS) is 22.7. The number of carbonyl (C=O) groups excluding carboxylic acids is 1. The summed E-state index contributed by atoms with van der Waals surface area (Å²) in [7, 11) is 0. The van der Waals surface area contributed by atoms with Crippen LogP contribution < -0.4 is 5.32 Å². The zero-order valence-corrected chi connectivity index (χ0v) is 13.0. The highest BCUT2D eigenvalue weighted by atomic mass is 16.5. The second-order valence-electron chi connectivity index (χ2n) is 6.11. The lowest BCUT2D eigenvalue weighted by atomic mass is 9.93. The van der Waals surface area contributed by atoms with Gasteiger partial charge in [-0.2, -0.15) is 0 Å². The van der Waals surface area contributed by atoms with Gasteiger partial charge in [-0.05, 0) is 51.5 Å². The maximum Gasteiger partial charge on any atom is 0.329 e. The molecule has 1 unspecified atom stereocenters. The molecule has 0 radical (unpaired) electrons. The van der Waals surface area contributed by atoms with Gasteiger partial charge in [0.05, 0.1) is 19.3 Å². The van der Waals surface area contributed by atoms with Crippen LogP contribution in [0.1, 0.15) is 58.8 Å². The lowest BCUT2D eigenvalue weighted by Crippen LogP contribution is -2.59. The topological polar surface area (TPSA) is 47.6 Å².